The highest BCUT2D eigenvalue weighted by Gasteiger charge is 2.42. The number of halogens is 1. The van der Waals surface area contributed by atoms with Crippen molar-refractivity contribution in [3.05, 3.63) is 0 Å². The number of likely N-dealkylation sites (tertiary alicyclic amines) is 1. The van der Waals surface area contributed by atoms with Crippen LogP contribution in [0.15, 0.2) is 4.99 Å². The molecule has 138 valence electrons. The molecule has 1 atom stereocenters. The predicted molar refractivity (Wildman–Crippen MR) is 106 cm³/mol. The Morgan fingerprint density at radius 2 is 2.21 bits per heavy atom. The van der Waals surface area contributed by atoms with Crippen molar-refractivity contribution >= 4 is 35.8 Å². The van der Waals surface area contributed by atoms with E-state index >= 15 is 0 Å². The normalized spacial score (nSPS) is 28.1. The summed E-state index contributed by atoms with van der Waals surface area (Å²) in [4.78, 5) is 18.3. The van der Waals surface area contributed by atoms with Crippen LogP contribution in [0.1, 0.15) is 44.9 Å². The van der Waals surface area contributed by atoms with Crippen molar-refractivity contribution in [1.29, 1.82) is 0 Å². The number of amides is 1. The predicted octanol–water partition coefficient (Wildman–Crippen LogP) is 1.74. The monoisotopic (exact) mass is 450 g/mol. The summed E-state index contributed by atoms with van der Waals surface area (Å²) < 4.78 is 5.90. The lowest BCUT2D eigenvalue weighted by molar-refractivity contribution is -0.119. The highest BCUT2D eigenvalue weighted by atomic mass is 127. The van der Waals surface area contributed by atoms with E-state index in [1.54, 1.807) is 0 Å². The molecule has 0 radical (unpaired) electrons. The lowest BCUT2D eigenvalue weighted by Crippen LogP contribution is -2.51. The zero-order valence-corrected chi connectivity index (χ0v) is 17.0. The van der Waals surface area contributed by atoms with Gasteiger partial charge in [0.2, 0.25) is 5.91 Å². The number of nitrogens with one attached hydrogen (secondary N) is 2. The average Bonchev–Trinajstić information content (AvgIpc) is 3.18. The molecular weight excluding hydrogens is 419 g/mol. The molecule has 2 N–H and O–H groups in total. The third-order valence-electron chi connectivity index (χ3n) is 5.41. The molecule has 1 amide bonds. The first-order chi connectivity index (χ1) is 11.2. The van der Waals surface area contributed by atoms with Crippen LogP contribution in [0.5, 0.6) is 0 Å². The largest absolute Gasteiger partial charge is 0.376 e. The van der Waals surface area contributed by atoms with Crippen molar-refractivity contribution in [2.45, 2.75) is 51.0 Å². The van der Waals surface area contributed by atoms with Crippen molar-refractivity contribution in [3.63, 3.8) is 0 Å². The van der Waals surface area contributed by atoms with E-state index in [0.29, 0.717) is 12.5 Å². The standard InChI is InChI=1S/C17H30N4O2.HI/c1-18-16(19-8-10-23-14-5-2-3-6-14)21-9-4-7-17(13-21)11-15(22)20-12-17;/h14H,2-13H2,1H3,(H,18,19)(H,20,22);1H. The molecule has 3 rings (SSSR count). The van der Waals surface area contributed by atoms with E-state index in [0.717, 1.165) is 51.6 Å². The summed E-state index contributed by atoms with van der Waals surface area (Å²) in [5.41, 5.74) is 0.104. The van der Waals surface area contributed by atoms with Crippen molar-refractivity contribution in [2.75, 3.05) is 39.8 Å². The topological polar surface area (TPSA) is 66.0 Å². The molecule has 7 heteroatoms. The second kappa shape index (κ2) is 9.22. The third kappa shape index (κ3) is 4.97. The number of carbonyl (C=O) groups excluding carboxylic acids is 1. The molecule has 1 spiro atoms. The van der Waals surface area contributed by atoms with Crippen molar-refractivity contribution in [1.82, 2.24) is 15.5 Å². The Morgan fingerprint density at radius 1 is 1.42 bits per heavy atom. The lowest BCUT2D eigenvalue weighted by Gasteiger charge is -2.40. The fourth-order valence-corrected chi connectivity index (χ4v) is 4.20. The lowest BCUT2D eigenvalue weighted by atomic mass is 9.79. The van der Waals surface area contributed by atoms with E-state index < -0.39 is 0 Å². The summed E-state index contributed by atoms with van der Waals surface area (Å²) >= 11 is 0. The molecule has 0 bridgehead atoms. The van der Waals surface area contributed by atoms with Crippen LogP contribution in [0.2, 0.25) is 0 Å². The zero-order chi connectivity index (χ0) is 16.1. The summed E-state index contributed by atoms with van der Waals surface area (Å²) in [6.07, 6.45) is 8.41. The number of ether oxygens (including phenoxy) is 1. The van der Waals surface area contributed by atoms with Gasteiger partial charge in [-0.05, 0) is 25.7 Å². The molecule has 2 heterocycles. The van der Waals surface area contributed by atoms with Gasteiger partial charge in [-0.2, -0.15) is 0 Å². The maximum Gasteiger partial charge on any atom is 0.220 e. The van der Waals surface area contributed by atoms with E-state index in [2.05, 4.69) is 20.5 Å². The number of guanidine groups is 1. The van der Waals surface area contributed by atoms with Crippen molar-refractivity contribution in [2.24, 2.45) is 10.4 Å². The Bertz CT molecular complexity index is 454. The molecule has 0 aromatic heterocycles. The number of hydrogen-bond donors (Lipinski definition) is 2. The summed E-state index contributed by atoms with van der Waals surface area (Å²) in [5, 5.41) is 6.42. The first kappa shape index (κ1) is 19.8. The van der Waals surface area contributed by atoms with Crippen LogP contribution in [0.4, 0.5) is 0 Å². The first-order valence-electron chi connectivity index (χ1n) is 9.05. The average molecular weight is 450 g/mol. The minimum absolute atomic E-state index is 0. The Morgan fingerprint density at radius 3 is 2.88 bits per heavy atom. The van der Waals surface area contributed by atoms with Crippen LogP contribution in [0, 0.1) is 5.41 Å². The summed E-state index contributed by atoms with van der Waals surface area (Å²) in [6.45, 7) is 4.27. The maximum absolute atomic E-state index is 11.6. The Balaban J connectivity index is 0.00000208. The highest BCUT2D eigenvalue weighted by molar-refractivity contribution is 14.0. The molecule has 2 saturated heterocycles. The number of rotatable bonds is 4. The van der Waals surface area contributed by atoms with Gasteiger partial charge in [0, 0.05) is 45.1 Å². The second-order valence-corrected chi connectivity index (χ2v) is 7.23. The summed E-state index contributed by atoms with van der Waals surface area (Å²) in [7, 11) is 1.83. The Labute approximate surface area is 162 Å². The van der Waals surface area contributed by atoms with Gasteiger partial charge >= 0.3 is 0 Å². The fraction of sp³-hybridized carbons (Fsp3) is 0.882. The number of hydrogen-bond acceptors (Lipinski definition) is 3. The van der Waals surface area contributed by atoms with Crippen LogP contribution in [0.25, 0.3) is 0 Å². The molecule has 1 unspecified atom stereocenters. The van der Waals surface area contributed by atoms with E-state index in [1.165, 1.54) is 25.7 Å². The number of aliphatic imine (C=N–C) groups is 1. The van der Waals surface area contributed by atoms with Gasteiger partial charge in [-0.1, -0.05) is 12.8 Å². The molecule has 1 aliphatic carbocycles. The van der Waals surface area contributed by atoms with E-state index in [4.69, 9.17) is 4.74 Å². The quantitative estimate of drug-likeness (QED) is 0.297. The molecular formula is C17H31IN4O2. The fourth-order valence-electron chi connectivity index (χ4n) is 4.20. The number of carbonyl (C=O) groups is 1. The van der Waals surface area contributed by atoms with Crippen LogP contribution in [0.3, 0.4) is 0 Å². The molecule has 2 aliphatic heterocycles. The third-order valence-corrected chi connectivity index (χ3v) is 5.41. The second-order valence-electron chi connectivity index (χ2n) is 7.23. The van der Waals surface area contributed by atoms with Crippen LogP contribution in [-0.2, 0) is 9.53 Å². The number of nitrogens with zero attached hydrogens (tertiary/aromatic N) is 2. The van der Waals surface area contributed by atoms with Gasteiger partial charge in [0.15, 0.2) is 5.96 Å². The van der Waals surface area contributed by atoms with Crippen LogP contribution in [-0.4, -0.2) is 62.7 Å². The van der Waals surface area contributed by atoms with Crippen LogP contribution < -0.4 is 10.6 Å². The van der Waals surface area contributed by atoms with Gasteiger partial charge in [-0.25, -0.2) is 0 Å². The maximum atomic E-state index is 11.6. The highest BCUT2D eigenvalue weighted by Crippen LogP contribution is 2.35. The molecule has 3 aliphatic rings. The van der Waals surface area contributed by atoms with Gasteiger partial charge in [0.1, 0.15) is 0 Å². The first-order valence-corrected chi connectivity index (χ1v) is 9.05. The molecule has 0 aromatic carbocycles. The molecule has 3 fully saturated rings. The zero-order valence-electron chi connectivity index (χ0n) is 14.7. The van der Waals surface area contributed by atoms with Crippen LogP contribution >= 0.6 is 24.0 Å². The van der Waals surface area contributed by atoms with Gasteiger partial charge in [0.25, 0.3) is 0 Å². The minimum atomic E-state index is 0. The number of piperidine rings is 1. The van der Waals surface area contributed by atoms with Gasteiger partial charge in [0.05, 0.1) is 12.7 Å². The SMILES string of the molecule is CN=C(NCCOC1CCCC1)N1CCCC2(CNC(=O)C2)C1.I. The van der Waals surface area contributed by atoms with Crippen molar-refractivity contribution in [3.8, 4) is 0 Å². The minimum Gasteiger partial charge on any atom is -0.376 e. The molecule has 0 aromatic rings. The van der Waals surface area contributed by atoms with Crippen molar-refractivity contribution < 1.29 is 9.53 Å². The van der Waals surface area contributed by atoms with E-state index in [9.17, 15) is 4.79 Å². The summed E-state index contributed by atoms with van der Waals surface area (Å²) in [5.74, 6) is 1.14. The molecule has 6 nitrogen and oxygen atoms in total. The molecule has 1 saturated carbocycles. The van der Waals surface area contributed by atoms with E-state index in [-0.39, 0.29) is 35.3 Å². The Hall–Kier alpha value is -0.570. The smallest absolute Gasteiger partial charge is 0.220 e. The van der Waals surface area contributed by atoms with Gasteiger partial charge in [-0.3, -0.25) is 9.79 Å². The summed E-state index contributed by atoms with van der Waals surface area (Å²) in [6, 6.07) is 0. The molecule has 24 heavy (non-hydrogen) atoms. The van der Waals surface area contributed by atoms with Gasteiger partial charge < -0.3 is 20.3 Å². The van der Waals surface area contributed by atoms with Gasteiger partial charge in [-0.15, -0.1) is 24.0 Å². The van der Waals surface area contributed by atoms with E-state index in [1.807, 2.05) is 7.05 Å². The Kier molecular flexibility index (Phi) is 7.59.